The Morgan fingerprint density at radius 3 is 2.59 bits per heavy atom. The van der Waals surface area contributed by atoms with Gasteiger partial charge in [0, 0.05) is 23.4 Å². The monoisotopic (exact) mass is 392 g/mol. The predicted molar refractivity (Wildman–Crippen MR) is 110 cm³/mol. The van der Waals surface area contributed by atoms with Crippen LogP contribution in [0, 0.1) is 13.8 Å². The molecule has 7 nitrogen and oxygen atoms in total. The average molecular weight is 392 g/mol. The molecule has 2 amide bonds. The largest absolute Gasteiger partial charge is 0.484 e. The zero-order chi connectivity index (χ0) is 20.8. The number of nitrogens with one attached hydrogen (secondary N) is 1. The van der Waals surface area contributed by atoms with Crippen molar-refractivity contribution in [1.29, 1.82) is 0 Å². The molecule has 0 aliphatic carbocycles. The molecule has 1 aromatic heterocycles. The van der Waals surface area contributed by atoms with Gasteiger partial charge in [0.05, 0.1) is 12.2 Å². The van der Waals surface area contributed by atoms with Crippen molar-refractivity contribution in [2.45, 2.75) is 26.9 Å². The van der Waals surface area contributed by atoms with E-state index < -0.39 is 5.91 Å². The maximum absolute atomic E-state index is 12.5. The molecule has 7 heteroatoms. The van der Waals surface area contributed by atoms with Crippen LogP contribution in [0.2, 0.25) is 0 Å². The lowest BCUT2D eigenvalue weighted by Crippen LogP contribution is -2.24. The van der Waals surface area contributed by atoms with E-state index in [0.29, 0.717) is 24.4 Å². The number of ether oxygens (including phenoxy) is 1. The van der Waals surface area contributed by atoms with Gasteiger partial charge in [0.1, 0.15) is 5.75 Å². The van der Waals surface area contributed by atoms with Crippen LogP contribution in [0.3, 0.4) is 0 Å². The maximum atomic E-state index is 12.5. The molecule has 0 saturated heterocycles. The number of nitrogens with two attached hydrogens (primary N) is 1. The van der Waals surface area contributed by atoms with E-state index in [4.69, 9.17) is 10.5 Å². The van der Waals surface area contributed by atoms with Crippen LogP contribution in [0.15, 0.2) is 54.6 Å². The highest BCUT2D eigenvalue weighted by atomic mass is 16.5. The number of hydrogen-bond acceptors (Lipinski definition) is 4. The van der Waals surface area contributed by atoms with E-state index in [-0.39, 0.29) is 12.5 Å². The van der Waals surface area contributed by atoms with Gasteiger partial charge in [-0.3, -0.25) is 14.3 Å². The lowest BCUT2D eigenvalue weighted by atomic mass is 10.1. The van der Waals surface area contributed by atoms with E-state index in [0.717, 1.165) is 17.0 Å². The van der Waals surface area contributed by atoms with Gasteiger partial charge in [-0.15, -0.1) is 0 Å². The Labute approximate surface area is 169 Å². The molecule has 1 heterocycles. The zero-order valence-corrected chi connectivity index (χ0v) is 16.5. The number of carbonyl (C=O) groups is 2. The summed E-state index contributed by atoms with van der Waals surface area (Å²) in [6, 6.07) is 16.7. The highest BCUT2D eigenvalue weighted by molar-refractivity contribution is 5.94. The van der Waals surface area contributed by atoms with E-state index in [1.165, 1.54) is 5.56 Å². The summed E-state index contributed by atoms with van der Waals surface area (Å²) in [4.78, 5) is 23.4. The van der Waals surface area contributed by atoms with Crippen molar-refractivity contribution in [3.63, 3.8) is 0 Å². The van der Waals surface area contributed by atoms with Crippen molar-refractivity contribution in [3.05, 3.63) is 82.7 Å². The molecule has 0 radical (unpaired) electrons. The van der Waals surface area contributed by atoms with Crippen LogP contribution in [0.5, 0.6) is 5.75 Å². The summed E-state index contributed by atoms with van der Waals surface area (Å²) in [6.45, 7) is 4.76. The molecule has 0 atom stereocenters. The molecule has 0 unspecified atom stereocenters. The molecule has 29 heavy (non-hydrogen) atoms. The number of aromatic nitrogens is 2. The van der Waals surface area contributed by atoms with E-state index in [1.807, 2.05) is 36.7 Å². The molecule has 0 fully saturated rings. The van der Waals surface area contributed by atoms with Gasteiger partial charge >= 0.3 is 0 Å². The van der Waals surface area contributed by atoms with Gasteiger partial charge in [-0.2, -0.15) is 5.10 Å². The topological polar surface area (TPSA) is 99.2 Å². The lowest BCUT2D eigenvalue weighted by molar-refractivity contribution is -0.119. The first-order chi connectivity index (χ1) is 13.9. The average Bonchev–Trinajstić information content (AvgIpc) is 2.98. The van der Waals surface area contributed by atoms with Gasteiger partial charge in [0.25, 0.3) is 11.8 Å². The van der Waals surface area contributed by atoms with E-state index in [1.54, 1.807) is 24.3 Å². The number of hydrogen-bond donors (Lipinski definition) is 2. The van der Waals surface area contributed by atoms with Gasteiger partial charge in [-0.1, -0.05) is 36.4 Å². The molecule has 0 aliphatic heterocycles. The first-order valence-corrected chi connectivity index (χ1v) is 9.30. The van der Waals surface area contributed by atoms with Crippen LogP contribution in [-0.4, -0.2) is 28.2 Å². The van der Waals surface area contributed by atoms with Crippen LogP contribution in [0.1, 0.15) is 32.9 Å². The summed E-state index contributed by atoms with van der Waals surface area (Å²) in [5.41, 5.74) is 9.59. The Kier molecular flexibility index (Phi) is 6.29. The zero-order valence-electron chi connectivity index (χ0n) is 16.5. The third kappa shape index (κ3) is 5.22. The van der Waals surface area contributed by atoms with E-state index >= 15 is 0 Å². The number of nitrogens with zero attached hydrogens (tertiary/aromatic N) is 2. The molecule has 0 saturated carbocycles. The quantitative estimate of drug-likeness (QED) is 0.615. The van der Waals surface area contributed by atoms with Crippen molar-refractivity contribution >= 4 is 11.8 Å². The number of carbonyl (C=O) groups excluding carboxylic acids is 2. The molecule has 2 aromatic carbocycles. The standard InChI is InChI=1S/C22H24N4O3/c1-15-20(16(2)26(25-15)13-17-7-4-3-5-8-17)12-24-22(28)18-9-6-10-19(11-18)29-14-21(23)27/h3-11H,12-14H2,1-2H3,(H2,23,27)(H,24,28). The van der Waals surface area contributed by atoms with Crippen LogP contribution in [0.4, 0.5) is 0 Å². The molecule has 150 valence electrons. The minimum Gasteiger partial charge on any atom is -0.484 e. The molecule has 0 spiro atoms. The number of benzene rings is 2. The summed E-state index contributed by atoms with van der Waals surface area (Å²) in [5, 5.41) is 7.54. The third-order valence-electron chi connectivity index (χ3n) is 4.61. The summed E-state index contributed by atoms with van der Waals surface area (Å²) >= 11 is 0. The second kappa shape index (κ2) is 9.05. The van der Waals surface area contributed by atoms with Crippen LogP contribution in [0.25, 0.3) is 0 Å². The maximum Gasteiger partial charge on any atom is 0.255 e. The number of rotatable bonds is 8. The summed E-state index contributed by atoms with van der Waals surface area (Å²) < 4.78 is 7.20. The van der Waals surface area contributed by atoms with Gasteiger partial charge in [-0.25, -0.2) is 0 Å². The highest BCUT2D eigenvalue weighted by Gasteiger charge is 2.14. The van der Waals surface area contributed by atoms with Crippen LogP contribution in [-0.2, 0) is 17.9 Å². The summed E-state index contributed by atoms with van der Waals surface area (Å²) in [5.74, 6) is -0.387. The molecule has 0 bridgehead atoms. The summed E-state index contributed by atoms with van der Waals surface area (Å²) in [6.07, 6.45) is 0. The molecule has 3 aromatic rings. The molecule has 0 aliphatic rings. The van der Waals surface area contributed by atoms with Crippen LogP contribution < -0.4 is 15.8 Å². The fourth-order valence-electron chi connectivity index (χ4n) is 3.05. The van der Waals surface area contributed by atoms with Gasteiger partial charge < -0.3 is 15.8 Å². The Balaban J connectivity index is 1.66. The minimum atomic E-state index is -0.571. The Bertz CT molecular complexity index is 1010. The highest BCUT2D eigenvalue weighted by Crippen LogP contribution is 2.16. The normalized spacial score (nSPS) is 10.6. The van der Waals surface area contributed by atoms with Crippen molar-refractivity contribution in [3.8, 4) is 5.75 Å². The molecular formula is C22H24N4O3. The Morgan fingerprint density at radius 2 is 1.86 bits per heavy atom. The third-order valence-corrected chi connectivity index (χ3v) is 4.61. The van der Waals surface area contributed by atoms with Crippen molar-refractivity contribution in [2.75, 3.05) is 6.61 Å². The minimum absolute atomic E-state index is 0.232. The Morgan fingerprint density at radius 1 is 1.10 bits per heavy atom. The van der Waals surface area contributed by atoms with Crippen molar-refractivity contribution in [1.82, 2.24) is 15.1 Å². The van der Waals surface area contributed by atoms with Crippen molar-refractivity contribution in [2.24, 2.45) is 5.73 Å². The second-order valence-electron chi connectivity index (χ2n) is 6.76. The molecule has 3 N–H and O–H groups in total. The molecule has 3 rings (SSSR count). The van der Waals surface area contributed by atoms with E-state index in [9.17, 15) is 9.59 Å². The van der Waals surface area contributed by atoms with Gasteiger partial charge in [0.15, 0.2) is 6.61 Å². The van der Waals surface area contributed by atoms with Crippen molar-refractivity contribution < 1.29 is 14.3 Å². The number of primary amides is 1. The van der Waals surface area contributed by atoms with Gasteiger partial charge in [-0.05, 0) is 37.6 Å². The number of aryl methyl sites for hydroxylation is 1. The first kappa shape index (κ1) is 20.1. The predicted octanol–water partition coefficient (Wildman–Crippen LogP) is 2.34. The smallest absolute Gasteiger partial charge is 0.255 e. The van der Waals surface area contributed by atoms with Gasteiger partial charge in [0.2, 0.25) is 0 Å². The second-order valence-corrected chi connectivity index (χ2v) is 6.76. The van der Waals surface area contributed by atoms with E-state index in [2.05, 4.69) is 22.5 Å². The fraction of sp³-hybridized carbons (Fsp3) is 0.227. The summed E-state index contributed by atoms with van der Waals surface area (Å²) in [7, 11) is 0. The first-order valence-electron chi connectivity index (χ1n) is 9.30. The number of amides is 2. The fourth-order valence-corrected chi connectivity index (χ4v) is 3.05. The SMILES string of the molecule is Cc1nn(Cc2ccccc2)c(C)c1CNC(=O)c1cccc(OCC(N)=O)c1. The lowest BCUT2D eigenvalue weighted by Gasteiger charge is -2.09. The Hall–Kier alpha value is -3.61. The molecular weight excluding hydrogens is 368 g/mol. The van der Waals surface area contributed by atoms with Crippen LogP contribution >= 0.6 is 0 Å².